The summed E-state index contributed by atoms with van der Waals surface area (Å²) in [6, 6.07) is 16.3. The van der Waals surface area contributed by atoms with Gasteiger partial charge in [-0.05, 0) is 24.1 Å². The normalized spacial score (nSPS) is 13.6. The van der Waals surface area contributed by atoms with Crippen LogP contribution in [0, 0.1) is 5.82 Å². The summed E-state index contributed by atoms with van der Waals surface area (Å²) in [4.78, 5) is 16.1. The van der Waals surface area contributed by atoms with Crippen molar-refractivity contribution < 1.29 is 9.18 Å². The summed E-state index contributed by atoms with van der Waals surface area (Å²) in [5.41, 5.74) is 6.02. The lowest BCUT2D eigenvalue weighted by molar-refractivity contribution is 0.1000. The Bertz CT molecular complexity index is 923. The molecule has 0 fully saturated rings. The molecule has 0 aliphatic carbocycles. The van der Waals surface area contributed by atoms with Crippen LogP contribution < -0.4 is 5.43 Å². The van der Waals surface area contributed by atoms with Crippen molar-refractivity contribution in [3.05, 3.63) is 89.0 Å². The number of nitrogens with zero attached hydrogens (tertiary/aromatic N) is 3. The highest BCUT2D eigenvalue weighted by Gasteiger charge is 2.24. The van der Waals surface area contributed by atoms with Gasteiger partial charge in [0.1, 0.15) is 5.82 Å². The molecule has 5 nitrogen and oxygen atoms in total. The van der Waals surface area contributed by atoms with E-state index in [0.29, 0.717) is 6.54 Å². The Hall–Kier alpha value is -2.99. The third kappa shape index (κ3) is 3.36. The summed E-state index contributed by atoms with van der Waals surface area (Å²) in [5.74, 6) is -1.05. The maximum atomic E-state index is 13.8. The molecular formula is C20H19FN4O. The zero-order valence-corrected chi connectivity index (χ0v) is 14.2. The predicted molar refractivity (Wildman–Crippen MR) is 96.6 cm³/mol. The fourth-order valence-corrected chi connectivity index (χ4v) is 3.20. The summed E-state index contributed by atoms with van der Waals surface area (Å²) in [5, 5.41) is 4.22. The number of aromatic nitrogens is 2. The van der Waals surface area contributed by atoms with Gasteiger partial charge >= 0.3 is 0 Å². The monoisotopic (exact) mass is 350 g/mol. The van der Waals surface area contributed by atoms with E-state index in [-0.39, 0.29) is 5.56 Å². The molecule has 1 aromatic heterocycles. The van der Waals surface area contributed by atoms with Gasteiger partial charge in [-0.25, -0.2) is 9.82 Å². The van der Waals surface area contributed by atoms with Crippen LogP contribution in [0.4, 0.5) is 4.39 Å². The molecule has 0 unspecified atom stereocenters. The van der Waals surface area contributed by atoms with Crippen LogP contribution >= 0.6 is 0 Å². The van der Waals surface area contributed by atoms with Crippen LogP contribution in [0.2, 0.25) is 0 Å². The van der Waals surface area contributed by atoms with Gasteiger partial charge in [0, 0.05) is 25.2 Å². The van der Waals surface area contributed by atoms with Crippen LogP contribution in [0.15, 0.2) is 60.8 Å². The topological polar surface area (TPSA) is 50.2 Å². The third-order valence-corrected chi connectivity index (χ3v) is 4.61. The Balaban J connectivity index is 1.41. The number of rotatable bonds is 5. The van der Waals surface area contributed by atoms with Crippen LogP contribution in [0.5, 0.6) is 0 Å². The number of fused-ring (bicyclic) bond motifs is 1. The Morgan fingerprint density at radius 3 is 2.65 bits per heavy atom. The molecule has 3 aromatic rings. The van der Waals surface area contributed by atoms with Gasteiger partial charge in [0.25, 0.3) is 5.91 Å². The minimum absolute atomic E-state index is 0.00989. The lowest BCUT2D eigenvalue weighted by Crippen LogP contribution is -2.28. The van der Waals surface area contributed by atoms with Crippen molar-refractivity contribution in [2.45, 2.75) is 19.5 Å². The highest BCUT2D eigenvalue weighted by Crippen LogP contribution is 2.22. The Morgan fingerprint density at radius 1 is 1.08 bits per heavy atom. The number of nitrogens with one attached hydrogen (secondary N) is 1. The lowest BCUT2D eigenvalue weighted by atomic mass is 10.1. The van der Waals surface area contributed by atoms with E-state index in [1.165, 1.54) is 22.5 Å². The van der Waals surface area contributed by atoms with E-state index in [9.17, 15) is 9.18 Å². The fourth-order valence-electron chi connectivity index (χ4n) is 3.20. The van der Waals surface area contributed by atoms with Gasteiger partial charge < -0.3 is 0 Å². The van der Waals surface area contributed by atoms with Crippen molar-refractivity contribution in [3.63, 3.8) is 0 Å². The molecular weight excluding hydrogens is 331 g/mol. The molecule has 1 amide bonds. The van der Waals surface area contributed by atoms with Crippen molar-refractivity contribution in [1.29, 1.82) is 0 Å². The summed E-state index contributed by atoms with van der Waals surface area (Å²) in [6.07, 6.45) is 2.74. The molecule has 1 aliphatic rings. The predicted octanol–water partition coefficient (Wildman–Crippen LogP) is 2.96. The first kappa shape index (κ1) is 16.5. The van der Waals surface area contributed by atoms with E-state index in [1.807, 2.05) is 18.2 Å². The fraction of sp³-hybridized carbons (Fsp3) is 0.200. The lowest BCUT2D eigenvalue weighted by Gasteiger charge is -2.15. The summed E-state index contributed by atoms with van der Waals surface area (Å²) < 4.78 is 13.8. The molecule has 4 rings (SSSR count). The Labute approximate surface area is 151 Å². The minimum Gasteiger partial charge on any atom is -0.293 e. The Morgan fingerprint density at radius 2 is 1.85 bits per heavy atom. The summed E-state index contributed by atoms with van der Waals surface area (Å²) in [7, 11) is 0. The SMILES string of the molecule is O=C(Nn1ncc2c1CN(CCc1ccccc1)C2)c1ccccc1F. The average molecular weight is 350 g/mol. The second-order valence-electron chi connectivity index (χ2n) is 6.40. The molecule has 0 radical (unpaired) electrons. The van der Waals surface area contributed by atoms with Crippen LogP contribution in [-0.4, -0.2) is 27.2 Å². The molecule has 2 aromatic carbocycles. The maximum absolute atomic E-state index is 13.8. The largest absolute Gasteiger partial charge is 0.293 e. The van der Waals surface area contributed by atoms with Crippen LogP contribution in [0.1, 0.15) is 27.2 Å². The first-order valence-corrected chi connectivity index (χ1v) is 8.58. The number of amides is 1. The molecule has 1 aliphatic heterocycles. The second-order valence-corrected chi connectivity index (χ2v) is 6.40. The highest BCUT2D eigenvalue weighted by molar-refractivity contribution is 6.00. The molecule has 1 N–H and O–H groups in total. The summed E-state index contributed by atoms with van der Waals surface area (Å²) >= 11 is 0. The number of carbonyl (C=O) groups excluding carboxylic acids is 1. The van der Waals surface area contributed by atoms with Crippen molar-refractivity contribution in [3.8, 4) is 0 Å². The molecule has 0 saturated carbocycles. The van der Waals surface area contributed by atoms with Crippen LogP contribution in [0.25, 0.3) is 0 Å². The number of hydrogen-bond donors (Lipinski definition) is 1. The number of benzene rings is 2. The van der Waals surface area contributed by atoms with E-state index >= 15 is 0 Å². The molecule has 132 valence electrons. The number of hydrogen-bond acceptors (Lipinski definition) is 3. The van der Waals surface area contributed by atoms with Gasteiger partial charge in [0.2, 0.25) is 0 Å². The molecule has 26 heavy (non-hydrogen) atoms. The number of halogens is 1. The standard InChI is InChI=1S/C20H19FN4O/c21-18-9-5-4-8-17(18)20(26)23-25-19-14-24(13-16(19)12-22-25)11-10-15-6-2-1-3-7-15/h1-9,12H,10-11,13-14H2,(H,23,26). The minimum atomic E-state index is -0.543. The highest BCUT2D eigenvalue weighted by atomic mass is 19.1. The molecule has 6 heteroatoms. The van der Waals surface area contributed by atoms with Gasteiger partial charge in [0.15, 0.2) is 0 Å². The summed E-state index contributed by atoms with van der Waals surface area (Å²) in [6.45, 7) is 2.44. The zero-order valence-electron chi connectivity index (χ0n) is 14.2. The van der Waals surface area contributed by atoms with Gasteiger partial charge in [-0.2, -0.15) is 9.89 Å². The van der Waals surface area contributed by atoms with Crippen molar-refractivity contribution >= 4 is 5.91 Å². The van der Waals surface area contributed by atoms with E-state index in [1.54, 1.807) is 18.3 Å². The zero-order chi connectivity index (χ0) is 17.9. The van der Waals surface area contributed by atoms with Gasteiger partial charge in [-0.3, -0.25) is 9.69 Å². The maximum Gasteiger partial charge on any atom is 0.274 e. The molecule has 0 spiro atoms. The molecule has 0 saturated heterocycles. The Kier molecular flexibility index (Phi) is 4.50. The van der Waals surface area contributed by atoms with Gasteiger partial charge in [-0.15, -0.1) is 0 Å². The molecule has 0 atom stereocenters. The van der Waals surface area contributed by atoms with Gasteiger partial charge in [0.05, 0.1) is 17.5 Å². The number of carbonyl (C=O) groups is 1. The van der Waals surface area contributed by atoms with E-state index in [4.69, 9.17) is 0 Å². The molecule has 0 bridgehead atoms. The van der Waals surface area contributed by atoms with Crippen molar-refractivity contribution in [2.24, 2.45) is 0 Å². The van der Waals surface area contributed by atoms with Crippen molar-refractivity contribution in [2.75, 3.05) is 12.0 Å². The first-order valence-electron chi connectivity index (χ1n) is 8.58. The van der Waals surface area contributed by atoms with Crippen LogP contribution in [0.3, 0.4) is 0 Å². The van der Waals surface area contributed by atoms with E-state index in [2.05, 4.69) is 27.6 Å². The quantitative estimate of drug-likeness (QED) is 0.770. The van der Waals surface area contributed by atoms with Gasteiger partial charge in [-0.1, -0.05) is 42.5 Å². The average Bonchev–Trinajstić information content (AvgIpc) is 3.23. The smallest absolute Gasteiger partial charge is 0.274 e. The van der Waals surface area contributed by atoms with Crippen molar-refractivity contribution in [1.82, 2.24) is 14.8 Å². The van der Waals surface area contributed by atoms with E-state index < -0.39 is 11.7 Å². The second kappa shape index (κ2) is 7.09. The first-order chi connectivity index (χ1) is 12.7. The molecule has 2 heterocycles. The third-order valence-electron chi connectivity index (χ3n) is 4.61. The van der Waals surface area contributed by atoms with E-state index in [0.717, 1.165) is 30.8 Å². The van der Waals surface area contributed by atoms with Crippen LogP contribution in [-0.2, 0) is 19.5 Å².